The topological polar surface area (TPSA) is 83.5 Å². The summed E-state index contributed by atoms with van der Waals surface area (Å²) in [5.74, 6) is 1.12. The van der Waals surface area contributed by atoms with Crippen molar-refractivity contribution in [1.29, 1.82) is 5.26 Å². The highest BCUT2D eigenvalue weighted by Gasteiger charge is 2.26. The third kappa shape index (κ3) is 4.42. The Labute approximate surface area is 164 Å². The van der Waals surface area contributed by atoms with E-state index < -0.39 is 10.0 Å². The Kier molecular flexibility index (Phi) is 6.14. The molecule has 0 radical (unpaired) electrons. The highest BCUT2D eigenvalue weighted by Crippen LogP contribution is 2.24. The van der Waals surface area contributed by atoms with Gasteiger partial charge in [-0.2, -0.15) is 9.57 Å². The molecule has 144 valence electrons. The fourth-order valence-corrected chi connectivity index (χ4v) is 4.17. The maximum atomic E-state index is 13.3. The van der Waals surface area contributed by atoms with E-state index in [1.165, 1.54) is 22.7 Å². The molecular weight excluding hydrogens is 376 g/mol. The van der Waals surface area contributed by atoms with Gasteiger partial charge in [-0.1, -0.05) is 18.2 Å². The summed E-state index contributed by atoms with van der Waals surface area (Å²) in [7, 11) is -3.82. The highest BCUT2D eigenvalue weighted by molar-refractivity contribution is 7.89. The van der Waals surface area contributed by atoms with Gasteiger partial charge in [0, 0.05) is 6.54 Å². The van der Waals surface area contributed by atoms with Crippen LogP contribution in [0.3, 0.4) is 0 Å². The maximum Gasteiger partial charge on any atom is 0.243 e. The summed E-state index contributed by atoms with van der Waals surface area (Å²) >= 11 is 0. The number of hydrogen-bond acceptors (Lipinski definition) is 5. The first-order valence-electron chi connectivity index (χ1n) is 8.78. The van der Waals surface area contributed by atoms with Gasteiger partial charge in [0.25, 0.3) is 0 Å². The summed E-state index contributed by atoms with van der Waals surface area (Å²) in [5, 5.41) is 9.34. The first kappa shape index (κ1) is 19.7. The monoisotopic (exact) mass is 396 g/mol. The minimum atomic E-state index is -3.82. The van der Waals surface area contributed by atoms with Crippen LogP contribution in [-0.4, -0.2) is 19.3 Å². The molecule has 0 atom stereocenters. The van der Waals surface area contributed by atoms with Crippen LogP contribution in [-0.2, 0) is 23.1 Å². The highest BCUT2D eigenvalue weighted by atomic mass is 32.2. The molecule has 0 amide bonds. The van der Waals surface area contributed by atoms with Crippen molar-refractivity contribution in [2.75, 3.05) is 6.61 Å². The Hall–Kier alpha value is -3.08. The van der Waals surface area contributed by atoms with E-state index in [9.17, 15) is 13.7 Å². The Morgan fingerprint density at radius 2 is 1.79 bits per heavy atom. The number of sulfonamides is 1. The Morgan fingerprint density at radius 1 is 1.04 bits per heavy atom. The summed E-state index contributed by atoms with van der Waals surface area (Å²) in [5.41, 5.74) is 1.07. The molecule has 1 heterocycles. The van der Waals surface area contributed by atoms with Crippen LogP contribution >= 0.6 is 0 Å². The second-order valence-electron chi connectivity index (χ2n) is 6.03. The Morgan fingerprint density at radius 3 is 2.43 bits per heavy atom. The molecule has 3 rings (SSSR count). The van der Waals surface area contributed by atoms with Gasteiger partial charge in [0.2, 0.25) is 10.0 Å². The van der Waals surface area contributed by atoms with E-state index in [1.807, 2.05) is 6.92 Å². The van der Waals surface area contributed by atoms with E-state index in [-0.39, 0.29) is 18.0 Å². The molecule has 3 aromatic rings. The van der Waals surface area contributed by atoms with Crippen molar-refractivity contribution < 1.29 is 17.6 Å². The van der Waals surface area contributed by atoms with Crippen LogP contribution in [0.15, 0.2) is 76.2 Å². The fourth-order valence-electron chi connectivity index (χ4n) is 2.78. The first-order valence-corrected chi connectivity index (χ1v) is 10.2. The lowest BCUT2D eigenvalue weighted by Gasteiger charge is -2.22. The molecule has 0 aliphatic rings. The van der Waals surface area contributed by atoms with Crippen molar-refractivity contribution >= 4 is 10.0 Å². The molecule has 28 heavy (non-hydrogen) atoms. The minimum Gasteiger partial charge on any atom is -0.494 e. The zero-order chi connectivity index (χ0) is 20.0. The molecule has 0 unspecified atom stereocenters. The number of nitriles is 1. The average molecular weight is 396 g/mol. The lowest BCUT2D eigenvalue weighted by molar-refractivity contribution is 0.339. The number of furan rings is 1. The third-order valence-electron chi connectivity index (χ3n) is 4.17. The van der Waals surface area contributed by atoms with Crippen molar-refractivity contribution in [3.8, 4) is 11.8 Å². The summed E-state index contributed by atoms with van der Waals surface area (Å²) in [6.07, 6.45) is 1.50. The first-order chi connectivity index (χ1) is 13.5. The molecule has 2 aromatic carbocycles. The van der Waals surface area contributed by atoms with Gasteiger partial charge in [-0.3, -0.25) is 0 Å². The minimum absolute atomic E-state index is 0.0555. The number of benzene rings is 2. The van der Waals surface area contributed by atoms with Gasteiger partial charge in [-0.05, 0) is 55.0 Å². The van der Waals surface area contributed by atoms with Crippen molar-refractivity contribution in [2.24, 2.45) is 0 Å². The molecule has 0 fully saturated rings. The van der Waals surface area contributed by atoms with Gasteiger partial charge >= 0.3 is 0 Å². The van der Waals surface area contributed by atoms with Gasteiger partial charge < -0.3 is 9.15 Å². The lowest BCUT2D eigenvalue weighted by atomic mass is 10.1. The molecule has 7 heteroatoms. The van der Waals surface area contributed by atoms with Gasteiger partial charge in [-0.25, -0.2) is 8.42 Å². The molecule has 0 N–H and O–H groups in total. The Balaban J connectivity index is 1.96. The molecule has 0 aliphatic carbocycles. The van der Waals surface area contributed by atoms with Crippen LogP contribution in [0.4, 0.5) is 0 Å². The molecular formula is C21H20N2O4S. The van der Waals surface area contributed by atoms with Crippen LogP contribution in [0.2, 0.25) is 0 Å². The van der Waals surface area contributed by atoms with E-state index in [0.717, 1.165) is 0 Å². The molecule has 0 bridgehead atoms. The summed E-state index contributed by atoms with van der Waals surface area (Å²) in [4.78, 5) is 0.150. The van der Waals surface area contributed by atoms with Gasteiger partial charge in [0.1, 0.15) is 11.5 Å². The van der Waals surface area contributed by atoms with Crippen molar-refractivity contribution in [3.63, 3.8) is 0 Å². The van der Waals surface area contributed by atoms with E-state index in [1.54, 1.807) is 48.5 Å². The van der Waals surface area contributed by atoms with Crippen LogP contribution in [0, 0.1) is 11.3 Å². The van der Waals surface area contributed by atoms with E-state index >= 15 is 0 Å². The normalized spacial score (nSPS) is 11.3. The van der Waals surface area contributed by atoms with Gasteiger partial charge in [-0.15, -0.1) is 0 Å². The third-order valence-corrected chi connectivity index (χ3v) is 5.98. The second kappa shape index (κ2) is 8.74. The number of rotatable bonds is 8. The summed E-state index contributed by atoms with van der Waals surface area (Å²) in [6, 6.07) is 18.8. The van der Waals surface area contributed by atoms with Crippen molar-refractivity contribution in [3.05, 3.63) is 83.8 Å². The molecule has 0 saturated heterocycles. The summed E-state index contributed by atoms with van der Waals surface area (Å²) in [6.45, 7) is 2.48. The smallest absolute Gasteiger partial charge is 0.243 e. The molecule has 1 aromatic heterocycles. The zero-order valence-electron chi connectivity index (χ0n) is 15.4. The fraction of sp³-hybridized carbons (Fsp3) is 0.190. The largest absolute Gasteiger partial charge is 0.494 e. The van der Waals surface area contributed by atoms with Crippen molar-refractivity contribution in [2.45, 2.75) is 24.9 Å². The molecule has 0 saturated carbocycles. The second-order valence-corrected chi connectivity index (χ2v) is 7.96. The molecule has 6 nitrogen and oxygen atoms in total. The number of ether oxygens (including phenoxy) is 1. The predicted octanol–water partition coefficient (Wildman–Crippen LogP) is 3.94. The van der Waals surface area contributed by atoms with Gasteiger partial charge in [0.15, 0.2) is 0 Å². The summed E-state index contributed by atoms with van der Waals surface area (Å²) < 4.78 is 38.6. The molecule has 0 aliphatic heterocycles. The standard InChI is InChI=1S/C21H20N2O4S/c1-2-26-19-9-11-21(12-10-19)28(24,25)23(16-20-8-5-13-27-20)15-18-7-4-3-6-17(18)14-22/h3-13H,2,15-16H2,1H3. The molecule has 0 spiro atoms. The predicted molar refractivity (Wildman–Crippen MR) is 104 cm³/mol. The van der Waals surface area contributed by atoms with Gasteiger partial charge in [0.05, 0.1) is 35.9 Å². The lowest BCUT2D eigenvalue weighted by Crippen LogP contribution is -2.30. The van der Waals surface area contributed by atoms with Crippen LogP contribution in [0.25, 0.3) is 0 Å². The Bertz CT molecular complexity index is 1050. The number of nitrogens with zero attached hydrogens (tertiary/aromatic N) is 2. The quantitative estimate of drug-likeness (QED) is 0.576. The zero-order valence-corrected chi connectivity index (χ0v) is 16.2. The maximum absolute atomic E-state index is 13.3. The average Bonchev–Trinajstić information content (AvgIpc) is 3.22. The van der Waals surface area contributed by atoms with E-state index in [4.69, 9.17) is 9.15 Å². The number of hydrogen-bond donors (Lipinski definition) is 0. The van der Waals surface area contributed by atoms with Crippen LogP contribution in [0.1, 0.15) is 23.8 Å². The van der Waals surface area contributed by atoms with E-state index in [2.05, 4.69) is 6.07 Å². The SMILES string of the molecule is CCOc1ccc(S(=O)(=O)N(Cc2ccco2)Cc2ccccc2C#N)cc1. The van der Waals surface area contributed by atoms with Crippen LogP contribution < -0.4 is 4.74 Å². The van der Waals surface area contributed by atoms with E-state index in [0.29, 0.717) is 29.2 Å². The van der Waals surface area contributed by atoms with Crippen molar-refractivity contribution in [1.82, 2.24) is 4.31 Å². The van der Waals surface area contributed by atoms with Crippen LogP contribution in [0.5, 0.6) is 5.75 Å².